The normalized spacial score (nSPS) is 14.5. The second-order valence-corrected chi connectivity index (χ2v) is 9.71. The van der Waals surface area contributed by atoms with Crippen molar-refractivity contribution in [3.05, 3.63) is 47.3 Å². The molecule has 0 spiro atoms. The molecule has 1 aromatic carbocycles. The fourth-order valence-corrected chi connectivity index (χ4v) is 5.22. The van der Waals surface area contributed by atoms with Crippen molar-refractivity contribution in [3.8, 4) is 0 Å². The largest absolute Gasteiger partial charge is 0.416 e. The first-order valence-corrected chi connectivity index (χ1v) is 12.1. The Kier molecular flexibility index (Phi) is 6.95. The van der Waals surface area contributed by atoms with E-state index >= 15 is 0 Å². The van der Waals surface area contributed by atoms with Gasteiger partial charge in [0.2, 0.25) is 15.0 Å². The molecule has 0 radical (unpaired) electrons. The van der Waals surface area contributed by atoms with Crippen molar-refractivity contribution in [2.75, 3.05) is 13.1 Å². The van der Waals surface area contributed by atoms with E-state index in [-0.39, 0.29) is 16.8 Å². The first kappa shape index (κ1) is 23.5. The zero-order valence-electron chi connectivity index (χ0n) is 17.3. The van der Waals surface area contributed by atoms with Crippen LogP contribution in [0.2, 0.25) is 0 Å². The topological polar surface area (TPSA) is 67.2 Å². The lowest BCUT2D eigenvalue weighted by molar-refractivity contribution is -0.137. The molecule has 0 bridgehead atoms. The molecule has 0 aliphatic heterocycles. The Hall–Kier alpha value is -2.14. The smallest absolute Gasteiger partial charge is 0.363 e. The highest BCUT2D eigenvalue weighted by Crippen LogP contribution is 2.39. The third-order valence-electron chi connectivity index (χ3n) is 4.99. The van der Waals surface area contributed by atoms with Gasteiger partial charge < -0.3 is 14.8 Å². The van der Waals surface area contributed by atoms with Crippen molar-refractivity contribution < 1.29 is 21.6 Å². The summed E-state index contributed by atoms with van der Waals surface area (Å²) in [6.07, 6.45) is -1.35. The summed E-state index contributed by atoms with van der Waals surface area (Å²) in [5.41, 5.74) is -0.0839. The number of alkyl halides is 3. The summed E-state index contributed by atoms with van der Waals surface area (Å²) in [4.78, 5) is 6.09. The van der Waals surface area contributed by atoms with Crippen molar-refractivity contribution in [1.29, 1.82) is 0 Å². The van der Waals surface area contributed by atoms with Crippen LogP contribution in [0.25, 0.3) is 0 Å². The van der Waals surface area contributed by atoms with Crippen LogP contribution in [0.5, 0.6) is 0 Å². The van der Waals surface area contributed by atoms with Crippen molar-refractivity contribution in [2.45, 2.75) is 56.4 Å². The van der Waals surface area contributed by atoms with Crippen LogP contribution in [0.3, 0.4) is 0 Å². The molecule has 0 unspecified atom stereocenters. The Morgan fingerprint density at radius 2 is 2.03 bits per heavy atom. The van der Waals surface area contributed by atoms with Crippen LogP contribution >= 0.6 is 12.2 Å². The van der Waals surface area contributed by atoms with E-state index in [1.807, 2.05) is 18.7 Å². The quantitative estimate of drug-likeness (QED) is 0.585. The maximum atomic E-state index is 13.1. The lowest BCUT2D eigenvalue weighted by Gasteiger charge is -2.24. The van der Waals surface area contributed by atoms with E-state index in [1.54, 1.807) is 4.57 Å². The first-order chi connectivity index (χ1) is 14.6. The summed E-state index contributed by atoms with van der Waals surface area (Å²) in [7, 11) is -3.95. The number of sulfone groups is 1. The van der Waals surface area contributed by atoms with E-state index < -0.39 is 27.3 Å². The molecular weight excluding hydrogens is 449 g/mol. The van der Waals surface area contributed by atoms with Gasteiger partial charge in [0.15, 0.2) is 5.11 Å². The van der Waals surface area contributed by atoms with Crippen molar-refractivity contribution in [2.24, 2.45) is 0 Å². The Morgan fingerprint density at radius 3 is 2.61 bits per heavy atom. The number of nitrogens with zero attached hydrogens (tertiary/aromatic N) is 3. The minimum Gasteiger partial charge on any atom is -0.363 e. The van der Waals surface area contributed by atoms with E-state index in [4.69, 9.17) is 12.2 Å². The Balaban J connectivity index is 1.90. The Bertz CT molecular complexity index is 1050. The predicted octanol–water partition coefficient (Wildman–Crippen LogP) is 3.93. The molecule has 170 valence electrons. The highest BCUT2D eigenvalue weighted by molar-refractivity contribution is 7.90. The zero-order chi connectivity index (χ0) is 22.8. The minimum absolute atomic E-state index is 0.0233. The maximum Gasteiger partial charge on any atom is 0.416 e. The second kappa shape index (κ2) is 9.15. The molecule has 1 aromatic heterocycles. The van der Waals surface area contributed by atoms with Gasteiger partial charge in [-0.2, -0.15) is 13.2 Å². The van der Waals surface area contributed by atoms with Crippen LogP contribution in [0, 0.1) is 0 Å². The van der Waals surface area contributed by atoms with Crippen LogP contribution in [0.1, 0.15) is 49.6 Å². The average molecular weight is 475 g/mol. The Morgan fingerprint density at radius 1 is 1.32 bits per heavy atom. The second-order valence-electron chi connectivity index (χ2n) is 7.44. The lowest BCUT2D eigenvalue weighted by atomic mass is 10.1. The summed E-state index contributed by atoms with van der Waals surface area (Å²) in [6, 6.07) is 4.41. The summed E-state index contributed by atoms with van der Waals surface area (Å²) in [6.45, 7) is 5.59. The summed E-state index contributed by atoms with van der Waals surface area (Å²) in [5, 5.41) is 3.55. The molecule has 31 heavy (non-hydrogen) atoms. The Labute approximate surface area is 185 Å². The molecule has 0 saturated heterocycles. The number of hydrogen-bond donors (Lipinski definition) is 1. The van der Waals surface area contributed by atoms with Gasteiger partial charge >= 0.3 is 6.18 Å². The lowest BCUT2D eigenvalue weighted by Crippen LogP contribution is -2.39. The standard InChI is InChI=1S/C20H25F3N4O2S2/c1-3-24-18(30)26(4-2)12-17-11-25-19(27(17)16-8-9-16)31(28,29)13-14-6-5-7-15(10-14)20(21,22)23/h5-7,10-11,16H,3-4,8-9,12-13H2,1-2H3,(H,24,30). The number of benzene rings is 1. The van der Waals surface area contributed by atoms with Gasteiger partial charge in [-0.15, -0.1) is 0 Å². The first-order valence-electron chi connectivity index (χ1n) is 10.0. The number of rotatable bonds is 8. The minimum atomic E-state index is -4.53. The summed E-state index contributed by atoms with van der Waals surface area (Å²) >= 11 is 5.38. The SMILES string of the molecule is CCNC(=S)N(CC)Cc1cnc(S(=O)(=O)Cc2cccc(C(F)(F)F)c2)n1C1CC1. The molecular formula is C20H25F3N4O2S2. The number of nitrogens with one attached hydrogen (secondary N) is 1. The van der Waals surface area contributed by atoms with Crippen LogP contribution in [-0.4, -0.2) is 41.1 Å². The van der Waals surface area contributed by atoms with Crippen molar-refractivity contribution >= 4 is 27.2 Å². The van der Waals surface area contributed by atoms with Crippen LogP contribution in [0.4, 0.5) is 13.2 Å². The van der Waals surface area contributed by atoms with E-state index in [9.17, 15) is 21.6 Å². The van der Waals surface area contributed by atoms with E-state index in [0.717, 1.165) is 25.0 Å². The van der Waals surface area contributed by atoms with E-state index in [1.165, 1.54) is 18.3 Å². The van der Waals surface area contributed by atoms with E-state index in [2.05, 4.69) is 10.3 Å². The fourth-order valence-electron chi connectivity index (χ4n) is 3.35. The van der Waals surface area contributed by atoms with Gasteiger partial charge in [0.1, 0.15) is 0 Å². The third kappa shape index (κ3) is 5.57. The molecule has 0 amide bonds. The number of imidazole rings is 1. The maximum absolute atomic E-state index is 13.1. The van der Waals surface area contributed by atoms with Gasteiger partial charge in [-0.3, -0.25) is 0 Å². The molecule has 1 heterocycles. The molecule has 1 saturated carbocycles. The highest BCUT2D eigenvalue weighted by Gasteiger charge is 2.35. The molecule has 1 fully saturated rings. The van der Waals surface area contributed by atoms with Crippen molar-refractivity contribution in [3.63, 3.8) is 0 Å². The molecule has 0 atom stereocenters. The monoisotopic (exact) mass is 474 g/mol. The molecule has 1 N–H and O–H groups in total. The molecule has 1 aliphatic rings. The van der Waals surface area contributed by atoms with Crippen LogP contribution in [0.15, 0.2) is 35.6 Å². The molecule has 3 rings (SSSR count). The van der Waals surface area contributed by atoms with Crippen molar-refractivity contribution in [1.82, 2.24) is 19.8 Å². The highest BCUT2D eigenvalue weighted by atomic mass is 32.2. The molecule has 2 aromatic rings. The third-order valence-corrected chi connectivity index (χ3v) is 6.96. The number of aromatic nitrogens is 2. The number of thiocarbonyl (C=S) groups is 1. The van der Waals surface area contributed by atoms with Gasteiger partial charge in [-0.1, -0.05) is 18.2 Å². The summed E-state index contributed by atoms with van der Waals surface area (Å²) in [5.74, 6) is -0.548. The van der Waals surface area contributed by atoms with Gasteiger partial charge in [-0.05, 0) is 50.5 Å². The number of halogens is 3. The summed E-state index contributed by atoms with van der Waals surface area (Å²) < 4.78 is 66.9. The van der Waals surface area contributed by atoms with Crippen LogP contribution < -0.4 is 5.32 Å². The van der Waals surface area contributed by atoms with Gasteiger partial charge in [0, 0.05) is 19.1 Å². The number of hydrogen-bond acceptors (Lipinski definition) is 4. The van der Waals surface area contributed by atoms with Crippen LogP contribution in [-0.2, 0) is 28.3 Å². The predicted molar refractivity (Wildman–Crippen MR) is 115 cm³/mol. The van der Waals surface area contributed by atoms with Gasteiger partial charge in [-0.25, -0.2) is 13.4 Å². The molecule has 1 aliphatic carbocycles. The van der Waals surface area contributed by atoms with E-state index in [0.29, 0.717) is 30.4 Å². The fraction of sp³-hybridized carbons (Fsp3) is 0.500. The zero-order valence-corrected chi connectivity index (χ0v) is 18.9. The average Bonchev–Trinajstić information content (AvgIpc) is 3.44. The van der Waals surface area contributed by atoms with Gasteiger partial charge in [0.05, 0.1) is 29.8 Å². The van der Waals surface area contributed by atoms with Gasteiger partial charge in [0.25, 0.3) is 0 Å². The molecule has 11 heteroatoms. The molecule has 6 nitrogen and oxygen atoms in total.